The van der Waals surface area contributed by atoms with Crippen molar-refractivity contribution in [2.45, 2.75) is 62.6 Å². The Morgan fingerprint density at radius 2 is 2.03 bits per heavy atom. The van der Waals surface area contributed by atoms with Gasteiger partial charge in [-0.2, -0.15) is 0 Å². The highest BCUT2D eigenvalue weighted by Crippen LogP contribution is 2.27. The zero-order chi connectivity index (χ0) is 20.4. The number of nitrogens with zero attached hydrogens (tertiary/aromatic N) is 3. The first-order valence-electron chi connectivity index (χ1n) is 10.6. The van der Waals surface area contributed by atoms with E-state index in [9.17, 15) is 9.59 Å². The number of amides is 1. The van der Waals surface area contributed by atoms with Gasteiger partial charge >= 0.3 is 0 Å². The Labute approximate surface area is 175 Å². The maximum atomic E-state index is 13.2. The molecular weight excluding hydrogens is 386 g/mol. The maximum Gasteiger partial charge on any atom is 0.262 e. The summed E-state index contributed by atoms with van der Waals surface area (Å²) in [5, 5.41) is 0.932. The number of hydrogen-bond donors (Lipinski definition) is 0. The van der Waals surface area contributed by atoms with Crippen LogP contribution in [0.15, 0.2) is 34.2 Å². The Morgan fingerprint density at radius 1 is 1.28 bits per heavy atom. The van der Waals surface area contributed by atoms with Crippen LogP contribution in [-0.4, -0.2) is 51.4 Å². The Hall–Kier alpha value is -1.86. The number of aromatic nitrogens is 2. The minimum absolute atomic E-state index is 0.0320. The summed E-state index contributed by atoms with van der Waals surface area (Å²) in [5.74, 6) is 0.814. The van der Waals surface area contributed by atoms with Gasteiger partial charge in [0.25, 0.3) is 5.56 Å². The zero-order valence-electron chi connectivity index (χ0n) is 17.2. The predicted octanol–water partition coefficient (Wildman–Crippen LogP) is 3.31. The molecule has 7 heteroatoms. The number of para-hydroxylation sites is 1. The summed E-state index contributed by atoms with van der Waals surface area (Å²) in [6.07, 6.45) is 4.11. The molecule has 0 radical (unpaired) electrons. The van der Waals surface area contributed by atoms with E-state index in [2.05, 4.69) is 6.92 Å². The molecule has 0 bridgehead atoms. The van der Waals surface area contributed by atoms with Crippen molar-refractivity contribution in [1.82, 2.24) is 14.5 Å². The lowest BCUT2D eigenvalue weighted by Gasteiger charge is -2.32. The number of rotatable bonds is 5. The van der Waals surface area contributed by atoms with Gasteiger partial charge in [0.15, 0.2) is 5.16 Å². The van der Waals surface area contributed by atoms with Gasteiger partial charge in [-0.1, -0.05) is 30.8 Å². The highest BCUT2D eigenvalue weighted by atomic mass is 32.2. The number of hydrogen-bond acceptors (Lipinski definition) is 5. The van der Waals surface area contributed by atoms with Gasteiger partial charge in [0, 0.05) is 19.7 Å². The van der Waals surface area contributed by atoms with Crippen molar-refractivity contribution >= 4 is 28.6 Å². The second kappa shape index (κ2) is 8.88. The number of ether oxygens (including phenoxy) is 1. The number of fused-ring (bicyclic) bond motifs is 1. The lowest BCUT2D eigenvalue weighted by atomic mass is 9.99. The van der Waals surface area contributed by atoms with E-state index >= 15 is 0 Å². The van der Waals surface area contributed by atoms with Crippen molar-refractivity contribution in [3.05, 3.63) is 34.6 Å². The highest BCUT2D eigenvalue weighted by Gasteiger charge is 2.27. The Morgan fingerprint density at radius 3 is 2.76 bits per heavy atom. The van der Waals surface area contributed by atoms with Crippen LogP contribution >= 0.6 is 11.8 Å². The molecule has 29 heavy (non-hydrogen) atoms. The number of likely N-dealkylation sites (tertiary alicyclic amines) is 1. The van der Waals surface area contributed by atoms with Gasteiger partial charge in [0.1, 0.15) is 0 Å². The molecule has 3 heterocycles. The van der Waals surface area contributed by atoms with E-state index in [1.165, 1.54) is 11.8 Å². The summed E-state index contributed by atoms with van der Waals surface area (Å²) in [6, 6.07) is 7.42. The number of carbonyl (C=O) groups excluding carboxylic acids is 1. The number of piperidine rings is 1. The van der Waals surface area contributed by atoms with Crippen molar-refractivity contribution in [3.63, 3.8) is 0 Å². The summed E-state index contributed by atoms with van der Waals surface area (Å²) in [5.41, 5.74) is 0.620. The van der Waals surface area contributed by atoms with Crippen molar-refractivity contribution in [2.75, 3.05) is 19.7 Å². The lowest BCUT2D eigenvalue weighted by Crippen LogP contribution is -2.42. The molecule has 156 valence electrons. The van der Waals surface area contributed by atoms with Crippen molar-refractivity contribution in [2.24, 2.45) is 5.92 Å². The third-order valence-electron chi connectivity index (χ3n) is 5.96. The zero-order valence-corrected chi connectivity index (χ0v) is 18.0. The average molecular weight is 416 g/mol. The van der Waals surface area contributed by atoms with Gasteiger partial charge in [-0.15, -0.1) is 0 Å². The van der Waals surface area contributed by atoms with Crippen molar-refractivity contribution < 1.29 is 9.53 Å². The van der Waals surface area contributed by atoms with E-state index in [4.69, 9.17) is 9.72 Å². The topological polar surface area (TPSA) is 64.4 Å². The second-order valence-corrected chi connectivity index (χ2v) is 9.54. The first kappa shape index (κ1) is 20.4. The summed E-state index contributed by atoms with van der Waals surface area (Å²) in [4.78, 5) is 32.9. The fourth-order valence-corrected chi connectivity index (χ4v) is 5.09. The third-order valence-corrected chi connectivity index (χ3v) is 7.04. The van der Waals surface area contributed by atoms with Crippen LogP contribution in [0.3, 0.4) is 0 Å². The fraction of sp³-hybridized carbons (Fsp3) is 0.591. The van der Waals surface area contributed by atoms with Crippen LogP contribution < -0.4 is 5.56 Å². The minimum Gasteiger partial charge on any atom is -0.376 e. The molecule has 2 atom stereocenters. The van der Waals surface area contributed by atoms with Crippen LogP contribution in [0.4, 0.5) is 0 Å². The molecule has 2 fully saturated rings. The third kappa shape index (κ3) is 4.51. The minimum atomic E-state index is -0.285. The van der Waals surface area contributed by atoms with Gasteiger partial charge in [-0.25, -0.2) is 4.98 Å². The van der Waals surface area contributed by atoms with Crippen LogP contribution in [0.2, 0.25) is 0 Å². The molecule has 0 saturated carbocycles. The van der Waals surface area contributed by atoms with Gasteiger partial charge in [0.2, 0.25) is 5.91 Å². The monoisotopic (exact) mass is 415 g/mol. The van der Waals surface area contributed by atoms with Crippen LogP contribution in [0.5, 0.6) is 0 Å². The Kier molecular flexibility index (Phi) is 6.25. The van der Waals surface area contributed by atoms with Crippen LogP contribution in [0, 0.1) is 5.92 Å². The first-order chi connectivity index (χ1) is 14.0. The van der Waals surface area contributed by atoms with Crippen LogP contribution in [0.1, 0.15) is 39.5 Å². The molecule has 1 aromatic heterocycles. The van der Waals surface area contributed by atoms with E-state index in [1.54, 1.807) is 4.57 Å². The lowest BCUT2D eigenvalue weighted by molar-refractivity contribution is -0.131. The van der Waals surface area contributed by atoms with Crippen LogP contribution in [0.25, 0.3) is 10.9 Å². The van der Waals surface area contributed by atoms with E-state index in [0.29, 0.717) is 28.5 Å². The normalized spacial score (nSPS) is 21.6. The molecule has 6 nitrogen and oxygen atoms in total. The molecule has 2 aliphatic heterocycles. The molecule has 4 rings (SSSR count). The molecule has 0 unspecified atom stereocenters. The fourth-order valence-electron chi connectivity index (χ4n) is 4.09. The molecule has 2 aliphatic rings. The molecule has 1 amide bonds. The van der Waals surface area contributed by atoms with Gasteiger partial charge in [-0.3, -0.25) is 14.2 Å². The van der Waals surface area contributed by atoms with E-state index in [0.717, 1.165) is 45.4 Å². The first-order valence-corrected chi connectivity index (χ1v) is 11.5. The second-order valence-electron chi connectivity index (χ2n) is 8.23. The number of carbonyl (C=O) groups is 1. The molecule has 1 aromatic carbocycles. The summed E-state index contributed by atoms with van der Waals surface area (Å²) >= 11 is 1.39. The summed E-state index contributed by atoms with van der Waals surface area (Å²) in [6.45, 7) is 7.02. The van der Waals surface area contributed by atoms with E-state index in [-0.39, 0.29) is 22.8 Å². The molecular formula is C22H29N3O3S. The molecule has 2 aromatic rings. The smallest absolute Gasteiger partial charge is 0.262 e. The number of benzene rings is 1. The highest BCUT2D eigenvalue weighted by molar-refractivity contribution is 8.00. The standard InChI is InChI=1S/C22H29N3O3S/c1-15-9-11-24(12-10-15)20(26)16(2)29-22-23-19-8-4-3-7-18(19)21(27)25(22)14-17-6-5-13-28-17/h3-4,7-8,15-17H,5-6,9-14H2,1-2H3/t16-,17+/m0/s1. The average Bonchev–Trinajstić information content (AvgIpc) is 3.24. The quantitative estimate of drug-likeness (QED) is 0.554. The Balaban J connectivity index is 1.60. The van der Waals surface area contributed by atoms with Crippen molar-refractivity contribution in [1.29, 1.82) is 0 Å². The van der Waals surface area contributed by atoms with E-state index < -0.39 is 0 Å². The predicted molar refractivity (Wildman–Crippen MR) is 115 cm³/mol. The Bertz CT molecular complexity index is 931. The molecule has 2 saturated heterocycles. The van der Waals surface area contributed by atoms with Gasteiger partial charge in [-0.05, 0) is 50.7 Å². The largest absolute Gasteiger partial charge is 0.376 e. The number of thioether (sulfide) groups is 1. The molecule has 0 spiro atoms. The summed E-state index contributed by atoms with van der Waals surface area (Å²) in [7, 11) is 0. The molecule has 0 aliphatic carbocycles. The van der Waals surface area contributed by atoms with Gasteiger partial charge < -0.3 is 9.64 Å². The van der Waals surface area contributed by atoms with E-state index in [1.807, 2.05) is 36.1 Å². The summed E-state index contributed by atoms with van der Waals surface area (Å²) < 4.78 is 7.48. The SMILES string of the molecule is CC1CCN(C(=O)[C@H](C)Sc2nc3ccccc3c(=O)n2C[C@H]2CCCO2)CC1. The molecule has 0 N–H and O–H groups in total. The van der Waals surface area contributed by atoms with Crippen LogP contribution in [-0.2, 0) is 16.1 Å². The maximum absolute atomic E-state index is 13.2. The van der Waals surface area contributed by atoms with Crippen molar-refractivity contribution in [3.8, 4) is 0 Å². The van der Waals surface area contributed by atoms with Gasteiger partial charge in [0.05, 0.1) is 28.8 Å².